The molecular formula is C15H12N2O4S. The fraction of sp³-hybridized carbons (Fsp3) is 0.133. The third kappa shape index (κ3) is 2.52. The Hall–Kier alpha value is -2.85. The van der Waals surface area contributed by atoms with Crippen LogP contribution in [-0.4, -0.2) is 28.3 Å². The molecule has 0 saturated carbocycles. The highest BCUT2D eigenvalue weighted by Gasteiger charge is 2.21. The molecule has 2 aromatic rings. The minimum absolute atomic E-state index is 0.0436. The zero-order valence-corrected chi connectivity index (χ0v) is 12.6. The van der Waals surface area contributed by atoms with Gasteiger partial charge in [-0.3, -0.25) is 0 Å². The summed E-state index contributed by atoms with van der Waals surface area (Å²) in [5.41, 5.74) is 0.989. The number of pyridine rings is 1. The summed E-state index contributed by atoms with van der Waals surface area (Å²) in [5, 5.41) is 28.4. The van der Waals surface area contributed by atoms with Crippen molar-refractivity contribution >= 4 is 18.2 Å². The normalized spacial score (nSPS) is 10.0. The molecule has 0 radical (unpaired) electrons. The monoisotopic (exact) mass is 316 g/mol. The van der Waals surface area contributed by atoms with E-state index < -0.39 is 5.97 Å². The maximum Gasteiger partial charge on any atom is 0.338 e. The molecule has 7 heteroatoms. The van der Waals surface area contributed by atoms with Gasteiger partial charge in [0.1, 0.15) is 10.7 Å². The van der Waals surface area contributed by atoms with Crippen LogP contribution in [0.2, 0.25) is 0 Å². The summed E-state index contributed by atoms with van der Waals surface area (Å²) in [4.78, 5) is 14.3. The number of phenolic OH excluding ortho intramolecular Hbond substituents is 1. The van der Waals surface area contributed by atoms with Gasteiger partial charge in [-0.25, -0.2) is 4.79 Å². The SMILES string of the molecule is COc1cc(-c2c(C(=O)O)c(C)[nH]c(=S)c2C#N)ccc1O. The van der Waals surface area contributed by atoms with E-state index in [1.165, 1.54) is 25.3 Å². The van der Waals surface area contributed by atoms with Gasteiger partial charge in [-0.15, -0.1) is 0 Å². The number of aromatic hydroxyl groups is 1. The van der Waals surface area contributed by atoms with E-state index in [4.69, 9.17) is 17.0 Å². The average molecular weight is 316 g/mol. The van der Waals surface area contributed by atoms with Gasteiger partial charge in [0.25, 0.3) is 0 Å². The molecule has 22 heavy (non-hydrogen) atoms. The standard InChI is InChI=1S/C15H12N2O4S/c1-7-12(15(19)20)13(9(6-16)14(22)17-7)8-3-4-10(18)11(5-8)21-2/h3-5,18H,1-2H3,(H,17,22)(H,19,20). The zero-order chi connectivity index (χ0) is 16.4. The van der Waals surface area contributed by atoms with Crippen LogP contribution in [0.15, 0.2) is 18.2 Å². The van der Waals surface area contributed by atoms with Crippen molar-refractivity contribution in [3.05, 3.63) is 39.7 Å². The van der Waals surface area contributed by atoms with Crippen molar-refractivity contribution in [3.63, 3.8) is 0 Å². The van der Waals surface area contributed by atoms with Crippen LogP contribution < -0.4 is 4.74 Å². The number of carboxylic acid groups (broad SMARTS) is 1. The lowest BCUT2D eigenvalue weighted by molar-refractivity contribution is 0.0696. The summed E-state index contributed by atoms with van der Waals surface area (Å²) >= 11 is 5.11. The van der Waals surface area contributed by atoms with Crippen molar-refractivity contribution < 1.29 is 19.7 Å². The van der Waals surface area contributed by atoms with Gasteiger partial charge in [0, 0.05) is 11.3 Å². The molecule has 0 aliphatic heterocycles. The van der Waals surface area contributed by atoms with E-state index in [0.717, 1.165) is 0 Å². The first-order valence-electron chi connectivity index (χ1n) is 6.18. The van der Waals surface area contributed by atoms with Gasteiger partial charge in [-0.2, -0.15) is 5.26 Å². The van der Waals surface area contributed by atoms with E-state index in [-0.39, 0.29) is 32.8 Å². The summed E-state index contributed by atoms with van der Waals surface area (Å²) in [7, 11) is 1.38. The van der Waals surface area contributed by atoms with Crippen LogP contribution >= 0.6 is 12.2 Å². The second kappa shape index (κ2) is 5.87. The molecule has 0 unspecified atom stereocenters. The van der Waals surface area contributed by atoms with Crippen molar-refractivity contribution in [3.8, 4) is 28.7 Å². The topological polar surface area (TPSA) is 106 Å². The number of methoxy groups -OCH3 is 1. The van der Waals surface area contributed by atoms with Crippen LogP contribution in [0.5, 0.6) is 11.5 Å². The molecule has 0 amide bonds. The number of nitrogens with zero attached hydrogens (tertiary/aromatic N) is 1. The second-order valence-corrected chi connectivity index (χ2v) is 4.92. The van der Waals surface area contributed by atoms with Crippen LogP contribution in [0.3, 0.4) is 0 Å². The van der Waals surface area contributed by atoms with Gasteiger partial charge < -0.3 is 19.9 Å². The van der Waals surface area contributed by atoms with Crippen LogP contribution in [0, 0.1) is 22.9 Å². The molecular weight excluding hydrogens is 304 g/mol. The molecule has 0 saturated heterocycles. The highest BCUT2D eigenvalue weighted by molar-refractivity contribution is 7.71. The number of phenols is 1. The summed E-state index contributed by atoms with van der Waals surface area (Å²) in [5.74, 6) is -1.09. The molecule has 3 N–H and O–H groups in total. The Labute approximate surface area is 131 Å². The molecule has 0 fully saturated rings. The number of rotatable bonds is 3. The summed E-state index contributed by atoms with van der Waals surface area (Å²) in [6, 6.07) is 6.28. The predicted molar refractivity (Wildman–Crippen MR) is 81.7 cm³/mol. The highest BCUT2D eigenvalue weighted by atomic mass is 32.1. The first kappa shape index (κ1) is 15.5. The maximum absolute atomic E-state index is 11.6. The number of aromatic carboxylic acids is 1. The lowest BCUT2D eigenvalue weighted by Gasteiger charge is -2.13. The number of benzene rings is 1. The van der Waals surface area contributed by atoms with E-state index in [1.54, 1.807) is 6.92 Å². The number of nitrogens with one attached hydrogen (secondary N) is 1. The van der Waals surface area contributed by atoms with Gasteiger partial charge in [-0.05, 0) is 24.6 Å². The average Bonchev–Trinajstić information content (AvgIpc) is 2.46. The van der Waals surface area contributed by atoms with Gasteiger partial charge in [-0.1, -0.05) is 18.3 Å². The van der Waals surface area contributed by atoms with Gasteiger partial charge in [0.2, 0.25) is 0 Å². The Morgan fingerprint density at radius 1 is 1.45 bits per heavy atom. The van der Waals surface area contributed by atoms with Crippen molar-refractivity contribution in [2.45, 2.75) is 6.92 Å². The molecule has 0 spiro atoms. The predicted octanol–water partition coefficient (Wildman–Crippen LogP) is 3.00. The van der Waals surface area contributed by atoms with Gasteiger partial charge >= 0.3 is 5.97 Å². The van der Waals surface area contributed by atoms with Crippen LogP contribution in [-0.2, 0) is 0 Å². The molecule has 1 aromatic heterocycles. The Balaban J connectivity index is 2.93. The fourth-order valence-electron chi connectivity index (χ4n) is 2.22. The lowest BCUT2D eigenvalue weighted by atomic mass is 9.94. The Morgan fingerprint density at radius 2 is 2.14 bits per heavy atom. The quantitative estimate of drug-likeness (QED) is 0.752. The smallest absolute Gasteiger partial charge is 0.338 e. The summed E-state index contributed by atoms with van der Waals surface area (Å²) in [6.07, 6.45) is 0. The number of aryl methyl sites for hydroxylation is 1. The number of carbonyl (C=O) groups is 1. The molecule has 0 aliphatic carbocycles. The molecule has 112 valence electrons. The molecule has 0 atom stereocenters. The maximum atomic E-state index is 11.6. The number of aromatic nitrogens is 1. The van der Waals surface area contributed by atoms with E-state index in [0.29, 0.717) is 11.3 Å². The minimum atomic E-state index is -1.18. The first-order valence-corrected chi connectivity index (χ1v) is 6.59. The molecule has 1 heterocycles. The van der Waals surface area contributed by atoms with Crippen LogP contribution in [0.1, 0.15) is 21.6 Å². The van der Waals surface area contributed by atoms with E-state index in [1.807, 2.05) is 6.07 Å². The molecule has 6 nitrogen and oxygen atoms in total. The van der Waals surface area contributed by atoms with Crippen LogP contribution in [0.25, 0.3) is 11.1 Å². The van der Waals surface area contributed by atoms with Gasteiger partial charge in [0.15, 0.2) is 11.5 Å². The number of aromatic amines is 1. The Bertz CT molecular complexity index is 865. The highest BCUT2D eigenvalue weighted by Crippen LogP contribution is 2.35. The van der Waals surface area contributed by atoms with Crippen molar-refractivity contribution in [2.75, 3.05) is 7.11 Å². The number of hydrogen-bond acceptors (Lipinski definition) is 5. The number of ether oxygens (including phenoxy) is 1. The largest absolute Gasteiger partial charge is 0.504 e. The summed E-state index contributed by atoms with van der Waals surface area (Å²) < 4.78 is 5.19. The molecule has 2 rings (SSSR count). The number of H-pyrrole nitrogens is 1. The van der Waals surface area contributed by atoms with Crippen LogP contribution in [0.4, 0.5) is 0 Å². The zero-order valence-electron chi connectivity index (χ0n) is 11.8. The minimum Gasteiger partial charge on any atom is -0.504 e. The number of nitriles is 1. The van der Waals surface area contributed by atoms with E-state index in [9.17, 15) is 20.3 Å². The lowest BCUT2D eigenvalue weighted by Crippen LogP contribution is -2.07. The van der Waals surface area contributed by atoms with Crippen molar-refractivity contribution in [1.82, 2.24) is 4.98 Å². The summed E-state index contributed by atoms with van der Waals surface area (Å²) in [6.45, 7) is 1.57. The fourth-order valence-corrected chi connectivity index (χ4v) is 2.52. The number of carboxylic acids is 1. The molecule has 0 bridgehead atoms. The number of hydrogen-bond donors (Lipinski definition) is 3. The van der Waals surface area contributed by atoms with Crippen molar-refractivity contribution in [2.24, 2.45) is 0 Å². The second-order valence-electron chi connectivity index (χ2n) is 4.51. The third-order valence-electron chi connectivity index (χ3n) is 3.20. The third-order valence-corrected chi connectivity index (χ3v) is 3.50. The Morgan fingerprint density at radius 3 is 2.68 bits per heavy atom. The first-order chi connectivity index (χ1) is 10.4. The van der Waals surface area contributed by atoms with Crippen molar-refractivity contribution in [1.29, 1.82) is 5.26 Å². The molecule has 1 aromatic carbocycles. The van der Waals surface area contributed by atoms with Gasteiger partial charge in [0.05, 0.1) is 18.2 Å². The van der Waals surface area contributed by atoms with E-state index in [2.05, 4.69) is 4.98 Å². The van der Waals surface area contributed by atoms with E-state index >= 15 is 0 Å². The Kier molecular flexibility index (Phi) is 4.15. The molecule has 0 aliphatic rings.